The summed E-state index contributed by atoms with van der Waals surface area (Å²) in [6.45, 7) is 6.57. The summed E-state index contributed by atoms with van der Waals surface area (Å²) in [5, 5.41) is 2.72. The highest BCUT2D eigenvalue weighted by Crippen LogP contribution is 2.26. The Morgan fingerprint density at radius 2 is 2.04 bits per heavy atom. The highest BCUT2D eigenvalue weighted by atomic mass is 35.5. The van der Waals surface area contributed by atoms with Gasteiger partial charge in [0.25, 0.3) is 15.9 Å². The van der Waals surface area contributed by atoms with Gasteiger partial charge < -0.3 is 5.32 Å². The molecule has 0 bridgehead atoms. The summed E-state index contributed by atoms with van der Waals surface area (Å²) in [6, 6.07) is 3.21. The fourth-order valence-corrected chi connectivity index (χ4v) is 4.10. The van der Waals surface area contributed by atoms with Gasteiger partial charge in [0.15, 0.2) is 5.13 Å². The number of hydrogen-bond donors (Lipinski definition) is 2. The minimum absolute atomic E-state index is 0.0263. The van der Waals surface area contributed by atoms with E-state index in [9.17, 15) is 17.6 Å². The fourth-order valence-electron chi connectivity index (χ4n) is 1.98. The van der Waals surface area contributed by atoms with Gasteiger partial charge in [0.1, 0.15) is 15.0 Å². The maximum absolute atomic E-state index is 14.3. The Bertz CT molecular complexity index is 908. The van der Waals surface area contributed by atoms with E-state index in [2.05, 4.69) is 15.0 Å². The number of amides is 1. The summed E-state index contributed by atoms with van der Waals surface area (Å²) < 4.78 is 41.3. The molecule has 26 heavy (non-hydrogen) atoms. The third kappa shape index (κ3) is 5.65. The molecule has 1 heterocycles. The molecule has 0 radical (unpaired) electrons. The van der Waals surface area contributed by atoms with Crippen molar-refractivity contribution in [3.8, 4) is 0 Å². The molecule has 1 aromatic heterocycles. The van der Waals surface area contributed by atoms with E-state index in [1.54, 1.807) is 0 Å². The first-order valence-electron chi connectivity index (χ1n) is 7.70. The van der Waals surface area contributed by atoms with Gasteiger partial charge in [-0.05, 0) is 30.0 Å². The van der Waals surface area contributed by atoms with E-state index in [4.69, 9.17) is 11.6 Å². The number of aromatic nitrogens is 1. The number of nitrogens with one attached hydrogen (secondary N) is 2. The van der Waals surface area contributed by atoms with Crippen LogP contribution in [0.4, 0.5) is 9.52 Å². The molecule has 2 aromatic rings. The third-order valence-corrected chi connectivity index (χ3v) is 5.87. The van der Waals surface area contributed by atoms with E-state index in [1.165, 1.54) is 12.3 Å². The molecule has 0 saturated carbocycles. The topological polar surface area (TPSA) is 88.2 Å². The normalized spacial score (nSPS) is 12.0. The molecule has 2 N–H and O–H groups in total. The molecule has 0 unspecified atom stereocenters. The smallest absolute Gasteiger partial charge is 0.266 e. The summed E-state index contributed by atoms with van der Waals surface area (Å²) >= 11 is 6.61. The van der Waals surface area contributed by atoms with Gasteiger partial charge >= 0.3 is 0 Å². The number of halogens is 2. The summed E-state index contributed by atoms with van der Waals surface area (Å²) in [5.74, 6) is -1.49. The van der Waals surface area contributed by atoms with Crippen LogP contribution in [-0.4, -0.2) is 25.9 Å². The molecule has 0 atom stereocenters. The lowest BCUT2D eigenvalue weighted by Gasteiger charge is -2.18. The minimum Gasteiger partial charge on any atom is -0.352 e. The number of rotatable bonds is 6. The van der Waals surface area contributed by atoms with E-state index in [0.717, 1.165) is 29.9 Å². The van der Waals surface area contributed by atoms with Crippen molar-refractivity contribution < 1.29 is 17.6 Å². The van der Waals surface area contributed by atoms with Crippen LogP contribution in [0.25, 0.3) is 0 Å². The van der Waals surface area contributed by atoms with Crippen LogP contribution in [0.15, 0.2) is 29.3 Å². The molecule has 0 aliphatic heterocycles. The van der Waals surface area contributed by atoms with Crippen LogP contribution >= 0.6 is 22.9 Å². The van der Waals surface area contributed by atoms with E-state index < -0.39 is 26.6 Å². The number of carbonyl (C=O) groups excluding carboxylic acids is 1. The second kappa shape index (κ2) is 7.89. The zero-order valence-electron chi connectivity index (χ0n) is 14.5. The molecule has 0 aliphatic carbocycles. The molecule has 0 fully saturated rings. The second-order valence-corrected chi connectivity index (χ2v) is 10.1. The van der Waals surface area contributed by atoms with Crippen LogP contribution in [0, 0.1) is 11.2 Å². The Balaban J connectivity index is 2.12. The number of sulfonamides is 1. The maximum atomic E-state index is 14.3. The van der Waals surface area contributed by atoms with Crippen molar-refractivity contribution in [2.24, 2.45) is 5.41 Å². The summed E-state index contributed by atoms with van der Waals surface area (Å²) in [7, 11) is -4.18. The Kier molecular flexibility index (Phi) is 6.25. The van der Waals surface area contributed by atoms with Gasteiger partial charge in [-0.25, -0.2) is 17.8 Å². The van der Waals surface area contributed by atoms with Gasteiger partial charge in [0, 0.05) is 12.1 Å². The molecule has 0 saturated heterocycles. The lowest BCUT2D eigenvalue weighted by Crippen LogP contribution is -2.27. The number of nitrogens with zero attached hydrogens (tertiary/aromatic N) is 1. The first-order valence-corrected chi connectivity index (χ1v) is 10.4. The SMILES string of the molecule is CC(C)(C)CCNC(=O)c1ccc(S(=O)(=O)Nc2ncc(Cl)s2)c(F)c1. The van der Waals surface area contributed by atoms with Crippen molar-refractivity contribution in [1.29, 1.82) is 0 Å². The van der Waals surface area contributed by atoms with Crippen molar-refractivity contribution in [3.05, 3.63) is 40.1 Å². The molecular weight excluding hydrogens is 401 g/mol. The van der Waals surface area contributed by atoms with Crippen molar-refractivity contribution in [2.75, 3.05) is 11.3 Å². The highest BCUT2D eigenvalue weighted by Gasteiger charge is 2.22. The van der Waals surface area contributed by atoms with Crippen LogP contribution in [0.1, 0.15) is 37.6 Å². The first-order chi connectivity index (χ1) is 12.0. The molecule has 0 spiro atoms. The monoisotopic (exact) mass is 419 g/mol. The number of anilines is 1. The lowest BCUT2D eigenvalue weighted by atomic mass is 9.92. The quantitative estimate of drug-likeness (QED) is 0.743. The molecule has 0 aliphatic rings. The number of benzene rings is 1. The van der Waals surface area contributed by atoms with Crippen molar-refractivity contribution >= 4 is 44.0 Å². The van der Waals surface area contributed by atoms with Gasteiger partial charge in [-0.1, -0.05) is 43.7 Å². The van der Waals surface area contributed by atoms with Crippen LogP contribution < -0.4 is 10.0 Å². The average Bonchev–Trinajstić information content (AvgIpc) is 2.89. The zero-order valence-corrected chi connectivity index (χ0v) is 16.9. The number of thiazole rings is 1. The van der Waals surface area contributed by atoms with E-state index in [-0.39, 0.29) is 16.1 Å². The Labute approximate surface area is 160 Å². The molecule has 1 amide bonds. The Morgan fingerprint density at radius 3 is 2.58 bits per heavy atom. The van der Waals surface area contributed by atoms with Gasteiger partial charge in [-0.15, -0.1) is 0 Å². The van der Waals surface area contributed by atoms with E-state index in [1.807, 2.05) is 20.8 Å². The predicted octanol–water partition coefficient (Wildman–Crippen LogP) is 3.90. The average molecular weight is 420 g/mol. The Morgan fingerprint density at radius 1 is 1.35 bits per heavy atom. The van der Waals surface area contributed by atoms with E-state index >= 15 is 0 Å². The van der Waals surface area contributed by atoms with Crippen molar-refractivity contribution in [1.82, 2.24) is 10.3 Å². The second-order valence-electron chi connectivity index (χ2n) is 6.79. The molecule has 1 aromatic carbocycles. The van der Waals surface area contributed by atoms with E-state index in [0.29, 0.717) is 10.9 Å². The number of carbonyl (C=O) groups is 1. The standard InChI is InChI=1S/C16H19ClFN3O3S2/c1-16(2,3)6-7-19-14(22)10-4-5-12(11(18)8-10)26(23,24)21-15-20-9-13(17)25-15/h4-5,8-9H,6-7H2,1-3H3,(H,19,22)(H,20,21). The third-order valence-electron chi connectivity index (χ3n) is 3.34. The van der Waals surface area contributed by atoms with Crippen LogP contribution in [0.2, 0.25) is 4.34 Å². The fraction of sp³-hybridized carbons (Fsp3) is 0.375. The van der Waals surface area contributed by atoms with Crippen LogP contribution in [0.5, 0.6) is 0 Å². The molecule has 6 nitrogen and oxygen atoms in total. The lowest BCUT2D eigenvalue weighted by molar-refractivity contribution is 0.0949. The Hall–Kier alpha value is -1.71. The predicted molar refractivity (Wildman–Crippen MR) is 101 cm³/mol. The molecule has 2 rings (SSSR count). The number of hydrogen-bond acceptors (Lipinski definition) is 5. The summed E-state index contributed by atoms with van der Waals surface area (Å²) in [5.41, 5.74) is 0.105. The molecular formula is C16H19ClFN3O3S2. The van der Waals surface area contributed by atoms with Gasteiger partial charge in [-0.2, -0.15) is 0 Å². The summed E-state index contributed by atoms with van der Waals surface area (Å²) in [4.78, 5) is 15.3. The zero-order chi connectivity index (χ0) is 19.5. The summed E-state index contributed by atoms with van der Waals surface area (Å²) in [6.07, 6.45) is 2.04. The van der Waals surface area contributed by atoms with Gasteiger partial charge in [0.2, 0.25) is 0 Å². The molecule has 142 valence electrons. The van der Waals surface area contributed by atoms with Gasteiger partial charge in [0.05, 0.1) is 6.20 Å². The minimum atomic E-state index is -4.18. The van der Waals surface area contributed by atoms with Crippen molar-refractivity contribution in [3.63, 3.8) is 0 Å². The maximum Gasteiger partial charge on any atom is 0.266 e. The molecule has 10 heteroatoms. The highest BCUT2D eigenvalue weighted by molar-refractivity contribution is 7.93. The van der Waals surface area contributed by atoms with Crippen molar-refractivity contribution in [2.45, 2.75) is 32.1 Å². The van der Waals surface area contributed by atoms with Crippen LogP contribution in [0.3, 0.4) is 0 Å². The largest absolute Gasteiger partial charge is 0.352 e. The van der Waals surface area contributed by atoms with Gasteiger partial charge in [-0.3, -0.25) is 9.52 Å². The first kappa shape index (κ1) is 20.6. The van der Waals surface area contributed by atoms with Crippen LogP contribution in [-0.2, 0) is 10.0 Å².